The van der Waals surface area contributed by atoms with Crippen LogP contribution in [-0.4, -0.2) is 30.3 Å². The molecule has 0 fully saturated rings. The van der Waals surface area contributed by atoms with Crippen molar-refractivity contribution in [3.8, 4) is 11.5 Å². The molecule has 1 unspecified atom stereocenters. The van der Waals surface area contributed by atoms with E-state index >= 15 is 0 Å². The number of carbonyl (C=O) groups is 3. The van der Waals surface area contributed by atoms with E-state index in [0.29, 0.717) is 12.1 Å². The summed E-state index contributed by atoms with van der Waals surface area (Å²) < 4.78 is 11.0. The van der Waals surface area contributed by atoms with Gasteiger partial charge in [-0.1, -0.05) is 30.3 Å². The molecule has 0 amide bonds. The fourth-order valence-electron chi connectivity index (χ4n) is 2.75. The zero-order chi connectivity index (χ0) is 24.8. The first-order chi connectivity index (χ1) is 15.3. The zero-order valence-corrected chi connectivity index (χ0v) is 20.7. The second-order valence-corrected chi connectivity index (χ2v) is 10.2. The number of nitrogens with one attached hydrogen (secondary N) is 1. The lowest BCUT2D eigenvalue weighted by atomic mass is 9.97. The van der Waals surface area contributed by atoms with Gasteiger partial charge in [0.05, 0.1) is 16.9 Å². The molecule has 0 aliphatic heterocycles. The maximum atomic E-state index is 13.0. The van der Waals surface area contributed by atoms with E-state index in [1.54, 1.807) is 54.5 Å². The number of rotatable bonds is 8. The van der Waals surface area contributed by atoms with Crippen LogP contribution in [0, 0.1) is 10.8 Å². The molecule has 2 aromatic rings. The Kier molecular flexibility index (Phi) is 8.56. The first kappa shape index (κ1) is 26.3. The standard InChI is InChI=1S/C27H35NO5/c1-18(28-16-15-19-11-9-8-10-12-19)23(29)20-13-14-21(32-24(30)26(2,3)4)22(17-20)33-25(31)27(5,6)7/h8-14,17-18,28H,15-16H2,1-7H3. The van der Waals surface area contributed by atoms with Gasteiger partial charge in [-0.25, -0.2) is 0 Å². The van der Waals surface area contributed by atoms with Crippen molar-refractivity contribution in [3.05, 3.63) is 59.7 Å². The normalized spacial score (nSPS) is 12.7. The molecular weight excluding hydrogens is 418 g/mol. The largest absolute Gasteiger partial charge is 0.422 e. The molecule has 2 aromatic carbocycles. The monoisotopic (exact) mass is 453 g/mol. The Morgan fingerprint density at radius 2 is 1.36 bits per heavy atom. The minimum atomic E-state index is -0.766. The van der Waals surface area contributed by atoms with E-state index < -0.39 is 28.8 Å². The molecule has 0 aliphatic carbocycles. The highest BCUT2D eigenvalue weighted by molar-refractivity contribution is 6.00. The molecule has 0 bridgehead atoms. The maximum absolute atomic E-state index is 13.0. The van der Waals surface area contributed by atoms with Crippen LogP contribution >= 0.6 is 0 Å². The molecule has 0 heterocycles. The van der Waals surface area contributed by atoms with Crippen molar-refractivity contribution in [2.45, 2.75) is 60.9 Å². The van der Waals surface area contributed by atoms with Crippen molar-refractivity contribution >= 4 is 17.7 Å². The average Bonchev–Trinajstić information content (AvgIpc) is 2.73. The van der Waals surface area contributed by atoms with Crippen molar-refractivity contribution < 1.29 is 23.9 Å². The van der Waals surface area contributed by atoms with Gasteiger partial charge in [0, 0.05) is 5.56 Å². The highest BCUT2D eigenvalue weighted by Crippen LogP contribution is 2.33. The van der Waals surface area contributed by atoms with Gasteiger partial charge in [-0.2, -0.15) is 0 Å². The van der Waals surface area contributed by atoms with Crippen molar-refractivity contribution in [3.63, 3.8) is 0 Å². The predicted octanol–water partition coefficient (Wildman–Crippen LogP) is 4.99. The van der Waals surface area contributed by atoms with Crippen LogP contribution in [-0.2, 0) is 16.0 Å². The molecular formula is C27H35NO5. The Morgan fingerprint density at radius 3 is 1.91 bits per heavy atom. The number of ether oxygens (including phenoxy) is 2. The van der Waals surface area contributed by atoms with Gasteiger partial charge in [-0.3, -0.25) is 14.4 Å². The Labute approximate surface area is 196 Å². The number of carbonyl (C=O) groups excluding carboxylic acids is 3. The van der Waals surface area contributed by atoms with Crippen molar-refractivity contribution in [2.75, 3.05) is 6.54 Å². The van der Waals surface area contributed by atoms with Crippen LogP contribution < -0.4 is 14.8 Å². The minimum Gasteiger partial charge on any atom is -0.422 e. The third-order valence-corrected chi connectivity index (χ3v) is 4.96. The Bertz CT molecular complexity index is 984. The zero-order valence-electron chi connectivity index (χ0n) is 20.7. The van der Waals surface area contributed by atoms with E-state index in [9.17, 15) is 14.4 Å². The molecule has 1 N–H and O–H groups in total. The Morgan fingerprint density at radius 1 is 0.818 bits per heavy atom. The predicted molar refractivity (Wildman–Crippen MR) is 129 cm³/mol. The molecule has 0 spiro atoms. The summed E-state index contributed by atoms with van der Waals surface area (Å²) in [5.74, 6) is -0.951. The lowest BCUT2D eigenvalue weighted by Crippen LogP contribution is -2.35. The van der Waals surface area contributed by atoms with Crippen LogP contribution in [0.1, 0.15) is 64.4 Å². The van der Waals surface area contributed by atoms with E-state index in [1.165, 1.54) is 17.7 Å². The van der Waals surface area contributed by atoms with Crippen LogP contribution in [0.5, 0.6) is 11.5 Å². The first-order valence-corrected chi connectivity index (χ1v) is 11.2. The lowest BCUT2D eigenvalue weighted by molar-refractivity contribution is -0.145. The van der Waals surface area contributed by atoms with E-state index in [0.717, 1.165) is 6.42 Å². The van der Waals surface area contributed by atoms with Crippen LogP contribution in [0.3, 0.4) is 0 Å². The number of ketones is 1. The summed E-state index contributed by atoms with van der Waals surface area (Å²) in [5.41, 5.74) is 0.0437. The summed E-state index contributed by atoms with van der Waals surface area (Å²) in [7, 11) is 0. The molecule has 33 heavy (non-hydrogen) atoms. The second kappa shape index (κ2) is 10.8. The quantitative estimate of drug-likeness (QED) is 0.344. The maximum Gasteiger partial charge on any atom is 0.316 e. The van der Waals surface area contributed by atoms with Crippen LogP contribution in [0.15, 0.2) is 48.5 Å². The Balaban J connectivity index is 2.19. The topological polar surface area (TPSA) is 81.7 Å². The van der Waals surface area contributed by atoms with Crippen LogP contribution in [0.25, 0.3) is 0 Å². The van der Waals surface area contributed by atoms with Gasteiger partial charge in [-0.15, -0.1) is 0 Å². The van der Waals surface area contributed by atoms with Gasteiger partial charge < -0.3 is 14.8 Å². The Hall–Kier alpha value is -2.99. The number of Topliss-reactive ketones (excluding diaryl/α,β-unsaturated/α-hetero) is 1. The fraction of sp³-hybridized carbons (Fsp3) is 0.444. The molecule has 0 aliphatic rings. The number of hydrogen-bond acceptors (Lipinski definition) is 6. The van der Waals surface area contributed by atoms with Gasteiger partial charge in [-0.05, 0) is 85.2 Å². The molecule has 6 nitrogen and oxygen atoms in total. The van der Waals surface area contributed by atoms with Gasteiger partial charge in [0.25, 0.3) is 0 Å². The number of benzene rings is 2. The summed E-state index contributed by atoms with van der Waals surface area (Å²) in [4.78, 5) is 37.9. The van der Waals surface area contributed by atoms with Gasteiger partial charge in [0.15, 0.2) is 17.3 Å². The van der Waals surface area contributed by atoms with Gasteiger partial charge in [0.1, 0.15) is 0 Å². The number of hydrogen-bond donors (Lipinski definition) is 1. The van der Waals surface area contributed by atoms with E-state index in [1.807, 2.05) is 30.3 Å². The van der Waals surface area contributed by atoms with Crippen molar-refractivity contribution in [2.24, 2.45) is 10.8 Å². The molecule has 2 rings (SSSR count). The SMILES string of the molecule is CC(NCCc1ccccc1)C(=O)c1ccc(OC(=O)C(C)(C)C)c(OC(=O)C(C)(C)C)c1. The van der Waals surface area contributed by atoms with E-state index in [4.69, 9.17) is 9.47 Å². The molecule has 0 saturated carbocycles. The van der Waals surface area contributed by atoms with Crippen molar-refractivity contribution in [1.82, 2.24) is 5.32 Å². The minimum absolute atomic E-state index is 0.0508. The second-order valence-electron chi connectivity index (χ2n) is 10.2. The molecule has 6 heteroatoms. The van der Waals surface area contributed by atoms with Crippen LogP contribution in [0.4, 0.5) is 0 Å². The number of esters is 2. The smallest absolute Gasteiger partial charge is 0.316 e. The van der Waals surface area contributed by atoms with Crippen molar-refractivity contribution in [1.29, 1.82) is 0 Å². The highest BCUT2D eigenvalue weighted by atomic mass is 16.6. The highest BCUT2D eigenvalue weighted by Gasteiger charge is 2.29. The first-order valence-electron chi connectivity index (χ1n) is 11.2. The molecule has 0 saturated heterocycles. The van der Waals surface area contributed by atoms with Gasteiger partial charge in [0.2, 0.25) is 0 Å². The summed E-state index contributed by atoms with van der Waals surface area (Å²) in [5, 5.41) is 3.24. The fourth-order valence-corrected chi connectivity index (χ4v) is 2.75. The molecule has 0 aromatic heterocycles. The molecule has 0 radical (unpaired) electrons. The van der Waals surface area contributed by atoms with E-state index in [2.05, 4.69) is 5.32 Å². The van der Waals surface area contributed by atoms with Gasteiger partial charge >= 0.3 is 11.9 Å². The molecule has 1 atom stereocenters. The summed E-state index contributed by atoms with van der Waals surface area (Å²) >= 11 is 0. The lowest BCUT2D eigenvalue weighted by Gasteiger charge is -2.21. The van der Waals surface area contributed by atoms with Crippen LogP contribution in [0.2, 0.25) is 0 Å². The summed E-state index contributed by atoms with van der Waals surface area (Å²) in [6, 6.07) is 14.1. The molecule has 178 valence electrons. The average molecular weight is 454 g/mol. The van der Waals surface area contributed by atoms with E-state index in [-0.39, 0.29) is 17.3 Å². The summed E-state index contributed by atoms with van der Waals surface area (Å²) in [6.45, 7) is 12.8. The third kappa shape index (κ3) is 7.82. The third-order valence-electron chi connectivity index (χ3n) is 4.96. The summed E-state index contributed by atoms with van der Waals surface area (Å²) in [6.07, 6.45) is 0.800.